The molecule has 0 spiro atoms. The van der Waals surface area contributed by atoms with Gasteiger partial charge in [-0.05, 0) is 42.7 Å². The number of hydrogen-bond donors (Lipinski definition) is 2. The van der Waals surface area contributed by atoms with Crippen molar-refractivity contribution in [2.24, 2.45) is 0 Å². The van der Waals surface area contributed by atoms with E-state index in [1.165, 1.54) is 11.1 Å². The molecule has 0 fully saturated rings. The first kappa shape index (κ1) is 14.1. The number of aryl methyl sites for hydroxylation is 2. The van der Waals surface area contributed by atoms with Crippen LogP contribution in [0.4, 0.5) is 5.69 Å². The van der Waals surface area contributed by atoms with Crippen LogP contribution in [0.15, 0.2) is 51.7 Å². The summed E-state index contributed by atoms with van der Waals surface area (Å²) >= 11 is 0. The number of carbonyl (C=O) groups excluding carboxylic acids is 1. The lowest BCUT2D eigenvalue weighted by Crippen LogP contribution is -2.12. The Kier molecular flexibility index (Phi) is 3.78. The molecule has 3 aromatic rings. The number of hydrogen-bond acceptors (Lipinski definition) is 3. The van der Waals surface area contributed by atoms with Crippen molar-refractivity contribution in [2.45, 2.75) is 19.8 Å². The molecule has 0 atom stereocenters. The van der Waals surface area contributed by atoms with Gasteiger partial charge in [-0.1, -0.05) is 24.3 Å². The SMILES string of the molecule is Cc1ccccc1CCC(=O)Nc1ccc2oc(=O)[nH]c2c1. The average Bonchev–Trinajstić information content (AvgIpc) is 2.86. The van der Waals surface area contributed by atoms with Crippen molar-refractivity contribution >= 4 is 22.7 Å². The molecule has 0 unspecified atom stereocenters. The van der Waals surface area contributed by atoms with Crippen LogP contribution < -0.4 is 11.1 Å². The highest BCUT2D eigenvalue weighted by Gasteiger charge is 2.07. The van der Waals surface area contributed by atoms with Gasteiger partial charge in [0.1, 0.15) is 0 Å². The smallest absolute Gasteiger partial charge is 0.408 e. The summed E-state index contributed by atoms with van der Waals surface area (Å²) < 4.78 is 4.92. The van der Waals surface area contributed by atoms with E-state index in [1.807, 2.05) is 31.2 Å². The lowest BCUT2D eigenvalue weighted by Gasteiger charge is -2.07. The van der Waals surface area contributed by atoms with Crippen LogP contribution in [0.2, 0.25) is 0 Å². The van der Waals surface area contributed by atoms with Crippen LogP contribution >= 0.6 is 0 Å². The molecule has 0 radical (unpaired) electrons. The number of aromatic nitrogens is 1. The maximum absolute atomic E-state index is 12.0. The van der Waals surface area contributed by atoms with Gasteiger partial charge in [-0.15, -0.1) is 0 Å². The third kappa shape index (κ3) is 3.09. The van der Waals surface area contributed by atoms with Crippen molar-refractivity contribution in [3.63, 3.8) is 0 Å². The normalized spacial score (nSPS) is 10.8. The Labute approximate surface area is 127 Å². The molecule has 5 nitrogen and oxygen atoms in total. The fourth-order valence-corrected chi connectivity index (χ4v) is 2.39. The molecule has 5 heteroatoms. The Bertz CT molecular complexity index is 877. The van der Waals surface area contributed by atoms with Crippen molar-refractivity contribution in [1.29, 1.82) is 0 Å². The van der Waals surface area contributed by atoms with Gasteiger partial charge in [-0.2, -0.15) is 0 Å². The van der Waals surface area contributed by atoms with E-state index in [0.29, 0.717) is 29.6 Å². The number of oxazole rings is 1. The molecule has 2 N–H and O–H groups in total. The zero-order valence-corrected chi connectivity index (χ0v) is 12.2. The van der Waals surface area contributed by atoms with Crippen LogP contribution in [0.5, 0.6) is 0 Å². The first-order valence-electron chi connectivity index (χ1n) is 7.09. The van der Waals surface area contributed by atoms with Crippen LogP contribution in [0.1, 0.15) is 17.5 Å². The minimum atomic E-state index is -0.502. The summed E-state index contributed by atoms with van der Waals surface area (Å²) in [6.45, 7) is 2.04. The third-order valence-electron chi connectivity index (χ3n) is 3.59. The van der Waals surface area contributed by atoms with E-state index in [4.69, 9.17) is 4.42 Å². The molecular weight excluding hydrogens is 280 g/mol. The van der Waals surface area contributed by atoms with Crippen molar-refractivity contribution in [3.05, 3.63) is 64.1 Å². The second kappa shape index (κ2) is 5.89. The number of aromatic amines is 1. The molecular formula is C17H16N2O3. The standard InChI is InChI=1S/C17H16N2O3/c1-11-4-2-3-5-12(11)6-9-16(20)18-13-7-8-15-14(10-13)19-17(21)22-15/h2-5,7-8,10H,6,9H2,1H3,(H,18,20)(H,19,21). The maximum atomic E-state index is 12.0. The van der Waals surface area contributed by atoms with E-state index in [9.17, 15) is 9.59 Å². The van der Waals surface area contributed by atoms with Gasteiger partial charge in [0.2, 0.25) is 5.91 Å². The van der Waals surface area contributed by atoms with Crippen LogP contribution in [0.25, 0.3) is 11.1 Å². The van der Waals surface area contributed by atoms with E-state index < -0.39 is 5.76 Å². The Morgan fingerprint density at radius 2 is 2.05 bits per heavy atom. The fraction of sp³-hybridized carbons (Fsp3) is 0.176. The van der Waals surface area contributed by atoms with Gasteiger partial charge in [0.05, 0.1) is 5.52 Å². The van der Waals surface area contributed by atoms with Crippen LogP contribution in [-0.4, -0.2) is 10.9 Å². The molecule has 0 saturated carbocycles. The molecule has 0 saturated heterocycles. The van der Waals surface area contributed by atoms with Crippen LogP contribution in [0.3, 0.4) is 0 Å². The summed E-state index contributed by atoms with van der Waals surface area (Å²) in [7, 11) is 0. The molecule has 0 aliphatic carbocycles. The van der Waals surface area contributed by atoms with E-state index in [0.717, 1.165) is 0 Å². The van der Waals surface area contributed by atoms with Gasteiger partial charge < -0.3 is 9.73 Å². The van der Waals surface area contributed by atoms with E-state index in [1.54, 1.807) is 18.2 Å². The Hall–Kier alpha value is -2.82. The average molecular weight is 296 g/mol. The second-order valence-electron chi connectivity index (χ2n) is 5.20. The predicted octanol–water partition coefficient (Wildman–Crippen LogP) is 3.00. The molecule has 22 heavy (non-hydrogen) atoms. The number of nitrogens with one attached hydrogen (secondary N) is 2. The summed E-state index contributed by atoms with van der Waals surface area (Å²) in [5.74, 6) is -0.563. The monoisotopic (exact) mass is 296 g/mol. The Morgan fingerprint density at radius 3 is 2.86 bits per heavy atom. The Morgan fingerprint density at radius 1 is 1.23 bits per heavy atom. The lowest BCUT2D eigenvalue weighted by molar-refractivity contribution is -0.116. The van der Waals surface area contributed by atoms with Crippen molar-refractivity contribution in [2.75, 3.05) is 5.32 Å². The molecule has 0 aliphatic heterocycles. The van der Waals surface area contributed by atoms with E-state index in [-0.39, 0.29) is 5.91 Å². The first-order valence-corrected chi connectivity index (χ1v) is 7.09. The number of amides is 1. The minimum Gasteiger partial charge on any atom is -0.408 e. The van der Waals surface area contributed by atoms with Gasteiger partial charge in [-0.3, -0.25) is 9.78 Å². The highest BCUT2D eigenvalue weighted by Crippen LogP contribution is 2.17. The highest BCUT2D eigenvalue weighted by molar-refractivity contribution is 5.92. The molecule has 2 aromatic carbocycles. The van der Waals surface area contributed by atoms with Gasteiger partial charge in [0, 0.05) is 12.1 Å². The minimum absolute atomic E-state index is 0.0616. The Balaban J connectivity index is 1.65. The molecule has 0 bridgehead atoms. The van der Waals surface area contributed by atoms with Gasteiger partial charge in [0.15, 0.2) is 5.58 Å². The maximum Gasteiger partial charge on any atom is 0.417 e. The zero-order chi connectivity index (χ0) is 15.5. The first-order chi connectivity index (χ1) is 10.6. The van der Waals surface area contributed by atoms with Crippen molar-refractivity contribution in [3.8, 4) is 0 Å². The summed E-state index contributed by atoms with van der Waals surface area (Å²) in [6.07, 6.45) is 1.11. The van der Waals surface area contributed by atoms with Gasteiger partial charge in [-0.25, -0.2) is 4.79 Å². The number of fused-ring (bicyclic) bond motifs is 1. The second-order valence-corrected chi connectivity index (χ2v) is 5.20. The fourth-order valence-electron chi connectivity index (χ4n) is 2.39. The largest absolute Gasteiger partial charge is 0.417 e. The van der Waals surface area contributed by atoms with E-state index in [2.05, 4.69) is 10.3 Å². The van der Waals surface area contributed by atoms with Crippen LogP contribution in [-0.2, 0) is 11.2 Å². The van der Waals surface area contributed by atoms with Gasteiger partial charge in [0.25, 0.3) is 0 Å². The summed E-state index contributed by atoms with van der Waals surface area (Å²) in [5, 5.41) is 2.83. The summed E-state index contributed by atoms with van der Waals surface area (Å²) in [6, 6.07) is 13.1. The van der Waals surface area contributed by atoms with Crippen LogP contribution in [0, 0.1) is 6.92 Å². The summed E-state index contributed by atoms with van der Waals surface area (Å²) in [5.41, 5.74) is 4.05. The zero-order valence-electron chi connectivity index (χ0n) is 12.2. The number of anilines is 1. The quantitative estimate of drug-likeness (QED) is 0.777. The number of carbonyl (C=O) groups is 1. The molecule has 1 aromatic heterocycles. The van der Waals surface area contributed by atoms with Crippen molar-refractivity contribution < 1.29 is 9.21 Å². The molecule has 1 amide bonds. The number of rotatable bonds is 4. The summed E-state index contributed by atoms with van der Waals surface area (Å²) in [4.78, 5) is 25.7. The molecule has 3 rings (SSSR count). The highest BCUT2D eigenvalue weighted by atomic mass is 16.4. The van der Waals surface area contributed by atoms with Gasteiger partial charge >= 0.3 is 5.76 Å². The van der Waals surface area contributed by atoms with Crippen molar-refractivity contribution in [1.82, 2.24) is 4.98 Å². The van der Waals surface area contributed by atoms with E-state index >= 15 is 0 Å². The third-order valence-corrected chi connectivity index (χ3v) is 3.59. The number of H-pyrrole nitrogens is 1. The number of benzene rings is 2. The topological polar surface area (TPSA) is 75.1 Å². The lowest BCUT2D eigenvalue weighted by atomic mass is 10.0. The molecule has 1 heterocycles. The predicted molar refractivity (Wildman–Crippen MR) is 85.0 cm³/mol. The molecule has 112 valence electrons. The molecule has 0 aliphatic rings.